The fraction of sp³-hybridized carbons (Fsp3) is 0.480. The minimum atomic E-state index is 0.487. The number of nitrogens with zero attached hydrogens (tertiary/aromatic N) is 1. The Kier molecular flexibility index (Phi) is 8.59. The Morgan fingerprint density at radius 3 is 1.31 bits per heavy atom. The van der Waals surface area contributed by atoms with Crippen LogP contribution in [0.4, 0.5) is 0 Å². The van der Waals surface area contributed by atoms with Crippen molar-refractivity contribution in [3.8, 4) is 6.07 Å². The zero-order valence-corrected chi connectivity index (χ0v) is 17.8. The second-order valence-electron chi connectivity index (χ2n) is 8.20. The Morgan fingerprint density at radius 1 is 0.577 bits per heavy atom. The molecule has 2 aromatic carbocycles. The summed E-state index contributed by atoms with van der Waals surface area (Å²) in [7, 11) is 0. The van der Waals surface area contributed by atoms with Crippen molar-refractivity contribution in [3.05, 3.63) is 70.3 Å². The highest BCUT2D eigenvalue weighted by atomic mass is 14.2. The van der Waals surface area contributed by atoms with Gasteiger partial charge in [0, 0.05) is 0 Å². The molecule has 0 fully saturated rings. The normalized spacial score (nSPS) is 10.9. The van der Waals surface area contributed by atoms with Crippen molar-refractivity contribution in [1.82, 2.24) is 0 Å². The van der Waals surface area contributed by atoms with Gasteiger partial charge in [0.15, 0.2) is 0 Å². The molecule has 26 heavy (non-hydrogen) atoms. The quantitative estimate of drug-likeness (QED) is 0.553. The number of hydrogen-bond acceptors (Lipinski definition) is 1. The predicted octanol–water partition coefficient (Wildman–Crippen LogP) is 7.74. The molecule has 0 bridgehead atoms. The molecule has 0 N–H and O–H groups in total. The van der Waals surface area contributed by atoms with Crippen LogP contribution in [0, 0.1) is 11.3 Å². The van der Waals surface area contributed by atoms with Crippen molar-refractivity contribution in [2.24, 2.45) is 0 Å². The van der Waals surface area contributed by atoms with Gasteiger partial charge in [-0.1, -0.05) is 85.7 Å². The number of rotatable bonds is 4. The standard InChI is InChI=1S/C13H17N.C12H18/c1-9(2)12-6-5-11(8-14)7-13(12)10(3)4;1-9(2)11-7-5-6-8-12(11)10(3)4/h5-7,9-10H,1-4H3;5-10H,1-4H3. The summed E-state index contributed by atoms with van der Waals surface area (Å²) in [5, 5.41) is 8.82. The lowest BCUT2D eigenvalue weighted by Crippen LogP contribution is -1.99. The summed E-state index contributed by atoms with van der Waals surface area (Å²) in [6, 6.07) is 16.9. The molecule has 0 aliphatic heterocycles. The predicted molar refractivity (Wildman–Crippen MR) is 114 cm³/mol. The Morgan fingerprint density at radius 2 is 0.962 bits per heavy atom. The van der Waals surface area contributed by atoms with Crippen LogP contribution < -0.4 is 0 Å². The molecule has 0 aromatic heterocycles. The van der Waals surface area contributed by atoms with E-state index in [1.165, 1.54) is 22.3 Å². The van der Waals surface area contributed by atoms with Gasteiger partial charge in [0.1, 0.15) is 0 Å². The molecule has 0 saturated carbocycles. The molecular formula is C25H35N. The van der Waals surface area contributed by atoms with E-state index in [0.29, 0.717) is 23.7 Å². The Balaban J connectivity index is 0.000000263. The van der Waals surface area contributed by atoms with Crippen LogP contribution in [0.25, 0.3) is 0 Å². The van der Waals surface area contributed by atoms with Gasteiger partial charge in [0.2, 0.25) is 0 Å². The van der Waals surface area contributed by atoms with Gasteiger partial charge in [0.05, 0.1) is 11.6 Å². The molecule has 1 nitrogen and oxygen atoms in total. The van der Waals surface area contributed by atoms with Crippen LogP contribution in [0.5, 0.6) is 0 Å². The van der Waals surface area contributed by atoms with E-state index >= 15 is 0 Å². The molecular weight excluding hydrogens is 314 g/mol. The first-order valence-corrected chi connectivity index (χ1v) is 9.81. The van der Waals surface area contributed by atoms with Gasteiger partial charge >= 0.3 is 0 Å². The topological polar surface area (TPSA) is 23.8 Å². The van der Waals surface area contributed by atoms with Crippen LogP contribution in [-0.2, 0) is 0 Å². The molecule has 0 amide bonds. The third-order valence-corrected chi connectivity index (χ3v) is 4.70. The highest BCUT2D eigenvalue weighted by Crippen LogP contribution is 2.27. The molecule has 0 heterocycles. The van der Waals surface area contributed by atoms with Crippen molar-refractivity contribution in [3.63, 3.8) is 0 Å². The third-order valence-electron chi connectivity index (χ3n) is 4.70. The minimum Gasteiger partial charge on any atom is -0.192 e. The van der Waals surface area contributed by atoms with Crippen LogP contribution in [0.2, 0.25) is 0 Å². The monoisotopic (exact) mass is 349 g/mol. The summed E-state index contributed by atoms with van der Waals surface area (Å²) in [5.74, 6) is 2.30. The van der Waals surface area contributed by atoms with Crippen molar-refractivity contribution < 1.29 is 0 Å². The van der Waals surface area contributed by atoms with Gasteiger partial charge in [-0.3, -0.25) is 0 Å². The Bertz CT molecular complexity index is 703. The van der Waals surface area contributed by atoms with Crippen LogP contribution in [0.3, 0.4) is 0 Å². The van der Waals surface area contributed by atoms with Crippen LogP contribution in [0.15, 0.2) is 42.5 Å². The van der Waals surface area contributed by atoms with Crippen molar-refractivity contribution in [2.45, 2.75) is 79.1 Å². The van der Waals surface area contributed by atoms with Gasteiger partial charge in [-0.25, -0.2) is 0 Å². The highest BCUT2D eigenvalue weighted by Gasteiger charge is 2.10. The minimum absolute atomic E-state index is 0.487. The average Bonchev–Trinajstić information content (AvgIpc) is 2.61. The molecule has 1 heteroatoms. The maximum Gasteiger partial charge on any atom is 0.0991 e. The van der Waals surface area contributed by atoms with E-state index in [-0.39, 0.29) is 0 Å². The molecule has 0 spiro atoms. The molecule has 140 valence electrons. The molecule has 0 unspecified atom stereocenters. The SMILES string of the molecule is CC(C)c1ccc(C#N)cc1C(C)C.CC(C)c1ccccc1C(C)C. The molecule has 2 aromatic rings. The van der Waals surface area contributed by atoms with Crippen LogP contribution >= 0.6 is 0 Å². The second kappa shape index (κ2) is 10.2. The fourth-order valence-corrected chi connectivity index (χ4v) is 3.23. The van der Waals surface area contributed by atoms with Gasteiger partial charge in [0.25, 0.3) is 0 Å². The lowest BCUT2D eigenvalue weighted by Gasteiger charge is -2.15. The van der Waals surface area contributed by atoms with Gasteiger partial charge in [-0.2, -0.15) is 5.26 Å². The maximum absolute atomic E-state index is 8.82. The van der Waals surface area contributed by atoms with E-state index in [4.69, 9.17) is 5.26 Å². The second-order valence-corrected chi connectivity index (χ2v) is 8.20. The van der Waals surface area contributed by atoms with E-state index in [1.54, 1.807) is 0 Å². The summed E-state index contributed by atoms with van der Waals surface area (Å²) in [4.78, 5) is 0. The number of benzene rings is 2. The molecule has 0 atom stereocenters. The summed E-state index contributed by atoms with van der Waals surface area (Å²) in [5.41, 5.74) is 6.41. The Hall–Kier alpha value is -2.07. The van der Waals surface area contributed by atoms with E-state index in [0.717, 1.165) is 5.56 Å². The first-order valence-electron chi connectivity index (χ1n) is 9.81. The summed E-state index contributed by atoms with van der Waals surface area (Å²) in [6.07, 6.45) is 0. The maximum atomic E-state index is 8.82. The summed E-state index contributed by atoms with van der Waals surface area (Å²) < 4.78 is 0. The fourth-order valence-electron chi connectivity index (χ4n) is 3.23. The largest absolute Gasteiger partial charge is 0.192 e. The highest BCUT2D eigenvalue weighted by molar-refractivity contribution is 5.41. The van der Waals surface area contributed by atoms with E-state index < -0.39 is 0 Å². The smallest absolute Gasteiger partial charge is 0.0991 e. The lowest BCUT2D eigenvalue weighted by atomic mass is 9.89. The first-order chi connectivity index (χ1) is 12.2. The van der Waals surface area contributed by atoms with Gasteiger partial charge < -0.3 is 0 Å². The van der Waals surface area contributed by atoms with E-state index in [1.807, 2.05) is 12.1 Å². The van der Waals surface area contributed by atoms with Crippen molar-refractivity contribution in [1.29, 1.82) is 5.26 Å². The summed E-state index contributed by atoms with van der Waals surface area (Å²) in [6.45, 7) is 17.7. The molecule has 2 rings (SSSR count). The average molecular weight is 350 g/mol. The zero-order valence-electron chi connectivity index (χ0n) is 17.8. The van der Waals surface area contributed by atoms with Gasteiger partial charge in [-0.05, 0) is 58.1 Å². The van der Waals surface area contributed by atoms with Crippen molar-refractivity contribution in [2.75, 3.05) is 0 Å². The zero-order chi connectivity index (χ0) is 19.9. The van der Waals surface area contributed by atoms with Crippen molar-refractivity contribution >= 4 is 0 Å². The van der Waals surface area contributed by atoms with E-state index in [2.05, 4.69) is 91.8 Å². The third kappa shape index (κ3) is 6.03. The molecule has 0 aliphatic rings. The summed E-state index contributed by atoms with van der Waals surface area (Å²) >= 11 is 0. The molecule has 0 radical (unpaired) electrons. The number of hydrogen-bond donors (Lipinski definition) is 0. The van der Waals surface area contributed by atoms with Crippen LogP contribution in [-0.4, -0.2) is 0 Å². The first kappa shape index (κ1) is 22.0. The molecule has 0 aliphatic carbocycles. The van der Waals surface area contributed by atoms with Crippen LogP contribution in [0.1, 0.15) is 107 Å². The molecule has 0 saturated heterocycles. The van der Waals surface area contributed by atoms with E-state index in [9.17, 15) is 0 Å². The van der Waals surface area contributed by atoms with Gasteiger partial charge in [-0.15, -0.1) is 0 Å². The lowest BCUT2D eigenvalue weighted by molar-refractivity contribution is 0.789. The number of nitriles is 1. The Labute approximate surface area is 161 Å².